The first-order valence-corrected chi connectivity index (χ1v) is 8.79. The summed E-state index contributed by atoms with van der Waals surface area (Å²) in [6.45, 7) is 4.03. The Morgan fingerprint density at radius 1 is 1.08 bits per heavy atom. The molecule has 25 heavy (non-hydrogen) atoms. The molecule has 1 aliphatic rings. The van der Waals surface area contributed by atoms with Crippen molar-refractivity contribution >= 4 is 18.3 Å². The Morgan fingerprint density at radius 3 is 2.44 bits per heavy atom. The molecule has 4 heteroatoms. The molecule has 2 N–H and O–H groups in total. The molecule has 2 aromatic rings. The minimum atomic E-state index is 0. The number of aryl methyl sites for hydroxylation is 1. The van der Waals surface area contributed by atoms with Crippen LogP contribution in [0.2, 0.25) is 0 Å². The van der Waals surface area contributed by atoms with Crippen molar-refractivity contribution in [1.82, 2.24) is 4.90 Å². The monoisotopic (exact) mass is 358 g/mol. The first-order valence-electron chi connectivity index (χ1n) is 8.79. The summed E-state index contributed by atoms with van der Waals surface area (Å²) in [6, 6.07) is 18.7. The zero-order valence-electron chi connectivity index (χ0n) is 14.7. The van der Waals surface area contributed by atoms with Crippen molar-refractivity contribution in [2.75, 3.05) is 19.6 Å². The average molecular weight is 359 g/mol. The standard InChI is InChI=1S/C21H26N2O.ClH/c1-16-7-5-6-10-18(16)19-15-20(19)21(24)23(14-12-22)13-11-17-8-3-2-4-9-17;/h2-10,19-20H,11-15,22H2,1H3;1H. The quantitative estimate of drug-likeness (QED) is 0.822. The van der Waals surface area contributed by atoms with Gasteiger partial charge in [0.25, 0.3) is 0 Å². The smallest absolute Gasteiger partial charge is 0.226 e. The molecule has 134 valence electrons. The summed E-state index contributed by atoms with van der Waals surface area (Å²) in [5.41, 5.74) is 9.61. The van der Waals surface area contributed by atoms with E-state index in [2.05, 4.69) is 43.3 Å². The fourth-order valence-electron chi connectivity index (χ4n) is 3.45. The van der Waals surface area contributed by atoms with E-state index in [9.17, 15) is 4.79 Å². The van der Waals surface area contributed by atoms with Crippen LogP contribution in [0.1, 0.15) is 29.0 Å². The largest absolute Gasteiger partial charge is 0.341 e. The van der Waals surface area contributed by atoms with Crippen LogP contribution in [0, 0.1) is 12.8 Å². The number of amides is 1. The molecule has 0 aromatic heterocycles. The first-order chi connectivity index (χ1) is 11.7. The van der Waals surface area contributed by atoms with E-state index in [0.29, 0.717) is 19.0 Å². The summed E-state index contributed by atoms with van der Waals surface area (Å²) >= 11 is 0. The van der Waals surface area contributed by atoms with Gasteiger partial charge in [0.2, 0.25) is 5.91 Å². The molecular weight excluding hydrogens is 332 g/mol. The van der Waals surface area contributed by atoms with Gasteiger partial charge in [-0.1, -0.05) is 54.6 Å². The molecule has 2 aromatic carbocycles. The van der Waals surface area contributed by atoms with Gasteiger partial charge < -0.3 is 10.6 Å². The SMILES string of the molecule is Cc1ccccc1C1CC1C(=O)N(CCN)CCc1ccccc1.Cl. The molecule has 2 unspecified atom stereocenters. The van der Waals surface area contributed by atoms with E-state index >= 15 is 0 Å². The van der Waals surface area contributed by atoms with E-state index < -0.39 is 0 Å². The Hall–Kier alpha value is -1.84. The van der Waals surface area contributed by atoms with Gasteiger partial charge in [-0.3, -0.25) is 4.79 Å². The zero-order chi connectivity index (χ0) is 16.9. The van der Waals surface area contributed by atoms with Crippen molar-refractivity contribution in [2.24, 2.45) is 11.7 Å². The van der Waals surface area contributed by atoms with Gasteiger partial charge >= 0.3 is 0 Å². The maximum absolute atomic E-state index is 12.9. The molecule has 0 radical (unpaired) electrons. The van der Waals surface area contributed by atoms with Gasteiger partial charge in [0, 0.05) is 25.6 Å². The number of benzene rings is 2. The second kappa shape index (κ2) is 9.02. The number of rotatable bonds is 7. The van der Waals surface area contributed by atoms with E-state index in [-0.39, 0.29) is 24.2 Å². The van der Waals surface area contributed by atoms with E-state index in [1.165, 1.54) is 16.7 Å². The molecular formula is C21H27ClN2O. The van der Waals surface area contributed by atoms with Crippen molar-refractivity contribution in [3.05, 3.63) is 71.3 Å². The Bertz CT molecular complexity index is 689. The van der Waals surface area contributed by atoms with Crippen LogP contribution in [0.15, 0.2) is 54.6 Å². The number of halogens is 1. The van der Waals surface area contributed by atoms with Crippen LogP contribution in [-0.4, -0.2) is 30.4 Å². The van der Waals surface area contributed by atoms with E-state index in [4.69, 9.17) is 5.73 Å². The number of carbonyl (C=O) groups excluding carboxylic acids is 1. The lowest BCUT2D eigenvalue weighted by Gasteiger charge is -2.22. The van der Waals surface area contributed by atoms with Crippen LogP contribution in [0.4, 0.5) is 0 Å². The molecule has 2 atom stereocenters. The molecule has 3 nitrogen and oxygen atoms in total. The highest BCUT2D eigenvalue weighted by Gasteiger charge is 2.45. The fourth-order valence-corrected chi connectivity index (χ4v) is 3.45. The Labute approximate surface area is 156 Å². The predicted molar refractivity (Wildman–Crippen MR) is 105 cm³/mol. The summed E-state index contributed by atoms with van der Waals surface area (Å²) in [6.07, 6.45) is 1.85. The number of hydrogen-bond donors (Lipinski definition) is 1. The lowest BCUT2D eigenvalue weighted by Crippen LogP contribution is -2.38. The van der Waals surface area contributed by atoms with Gasteiger partial charge in [0.15, 0.2) is 0 Å². The first kappa shape index (κ1) is 19.5. The molecule has 1 amide bonds. The molecule has 0 saturated heterocycles. The van der Waals surface area contributed by atoms with Crippen LogP contribution in [0.5, 0.6) is 0 Å². The molecule has 0 aliphatic heterocycles. The van der Waals surface area contributed by atoms with Crippen LogP contribution in [0.25, 0.3) is 0 Å². The van der Waals surface area contributed by atoms with Gasteiger partial charge in [-0.15, -0.1) is 12.4 Å². The van der Waals surface area contributed by atoms with Crippen molar-refractivity contribution < 1.29 is 4.79 Å². The van der Waals surface area contributed by atoms with Crippen LogP contribution < -0.4 is 5.73 Å². The molecule has 3 rings (SSSR count). The Morgan fingerprint density at radius 2 is 1.76 bits per heavy atom. The predicted octanol–water partition coefficient (Wildman–Crippen LogP) is 3.55. The van der Waals surface area contributed by atoms with Crippen molar-refractivity contribution in [3.8, 4) is 0 Å². The molecule has 1 aliphatic carbocycles. The van der Waals surface area contributed by atoms with Gasteiger partial charge in [-0.05, 0) is 42.4 Å². The normalized spacial score (nSPS) is 18.3. The average Bonchev–Trinajstić information content (AvgIpc) is 3.40. The third kappa shape index (κ3) is 4.83. The highest BCUT2D eigenvalue weighted by molar-refractivity contribution is 5.85. The fraction of sp³-hybridized carbons (Fsp3) is 0.381. The second-order valence-electron chi connectivity index (χ2n) is 6.65. The van der Waals surface area contributed by atoms with E-state index in [1.54, 1.807) is 0 Å². The van der Waals surface area contributed by atoms with Gasteiger partial charge in [-0.25, -0.2) is 0 Å². The molecule has 0 heterocycles. The topological polar surface area (TPSA) is 46.3 Å². The van der Waals surface area contributed by atoms with Gasteiger partial charge in [0.05, 0.1) is 0 Å². The lowest BCUT2D eigenvalue weighted by atomic mass is 10.0. The summed E-state index contributed by atoms with van der Waals surface area (Å²) in [4.78, 5) is 14.8. The summed E-state index contributed by atoms with van der Waals surface area (Å²) < 4.78 is 0. The Kier molecular flexibility index (Phi) is 7.03. The van der Waals surface area contributed by atoms with Crippen molar-refractivity contribution in [2.45, 2.75) is 25.7 Å². The number of nitrogens with zero attached hydrogens (tertiary/aromatic N) is 1. The third-order valence-corrected chi connectivity index (χ3v) is 4.92. The summed E-state index contributed by atoms with van der Waals surface area (Å²) in [5, 5.41) is 0. The van der Waals surface area contributed by atoms with Gasteiger partial charge in [0.1, 0.15) is 0 Å². The third-order valence-electron chi connectivity index (χ3n) is 4.92. The minimum Gasteiger partial charge on any atom is -0.341 e. The molecule has 1 fully saturated rings. The highest BCUT2D eigenvalue weighted by atomic mass is 35.5. The van der Waals surface area contributed by atoms with E-state index in [1.807, 2.05) is 23.1 Å². The molecule has 0 spiro atoms. The van der Waals surface area contributed by atoms with Crippen LogP contribution in [-0.2, 0) is 11.2 Å². The van der Waals surface area contributed by atoms with Crippen LogP contribution >= 0.6 is 12.4 Å². The molecule has 0 bridgehead atoms. The minimum absolute atomic E-state index is 0. The van der Waals surface area contributed by atoms with E-state index in [0.717, 1.165) is 19.4 Å². The van der Waals surface area contributed by atoms with Gasteiger partial charge in [-0.2, -0.15) is 0 Å². The number of nitrogens with two attached hydrogens (primary N) is 1. The van der Waals surface area contributed by atoms with Crippen molar-refractivity contribution in [3.63, 3.8) is 0 Å². The highest BCUT2D eigenvalue weighted by Crippen LogP contribution is 2.49. The lowest BCUT2D eigenvalue weighted by molar-refractivity contribution is -0.132. The molecule has 1 saturated carbocycles. The summed E-state index contributed by atoms with van der Waals surface area (Å²) in [5.74, 6) is 0.786. The maximum atomic E-state index is 12.9. The number of carbonyl (C=O) groups is 1. The number of hydrogen-bond acceptors (Lipinski definition) is 2. The zero-order valence-corrected chi connectivity index (χ0v) is 15.5. The summed E-state index contributed by atoms with van der Waals surface area (Å²) in [7, 11) is 0. The second-order valence-corrected chi connectivity index (χ2v) is 6.65. The Balaban J connectivity index is 0.00000225. The van der Waals surface area contributed by atoms with Crippen LogP contribution in [0.3, 0.4) is 0 Å². The van der Waals surface area contributed by atoms with Crippen molar-refractivity contribution in [1.29, 1.82) is 0 Å². The maximum Gasteiger partial charge on any atom is 0.226 e.